The van der Waals surface area contributed by atoms with Crippen LogP contribution in [0.5, 0.6) is 51.7 Å². The Bertz CT molecular complexity index is 1730. The van der Waals surface area contributed by atoms with Crippen molar-refractivity contribution in [2.75, 3.05) is 6.61 Å². The van der Waals surface area contributed by atoms with Crippen LogP contribution in [-0.4, -0.2) is 99.5 Å². The first-order chi connectivity index (χ1) is 20.8. The summed E-state index contributed by atoms with van der Waals surface area (Å²) in [6.07, 6.45) is -9.11. The van der Waals surface area contributed by atoms with E-state index in [0.717, 1.165) is 42.5 Å². The molecule has 1 aliphatic rings. The molecule has 0 saturated carbocycles. The lowest BCUT2D eigenvalue weighted by Crippen LogP contribution is -2.61. The van der Waals surface area contributed by atoms with Crippen molar-refractivity contribution in [3.63, 3.8) is 0 Å². The van der Waals surface area contributed by atoms with E-state index in [2.05, 4.69) is 0 Å². The lowest BCUT2D eigenvalue weighted by atomic mass is 9.99. The zero-order valence-corrected chi connectivity index (χ0v) is 22.1. The van der Waals surface area contributed by atoms with Gasteiger partial charge in [0.2, 0.25) is 17.8 Å². The number of carbonyl (C=O) groups is 1. The van der Waals surface area contributed by atoms with Crippen LogP contribution in [0.3, 0.4) is 0 Å². The van der Waals surface area contributed by atoms with Crippen LogP contribution in [0.15, 0.2) is 46.9 Å². The molecule has 0 radical (unpaired) electrons. The lowest BCUT2D eigenvalue weighted by molar-refractivity contribution is -0.276. The Labute approximate surface area is 245 Å². The zero-order chi connectivity index (χ0) is 32.0. The molecule has 16 heteroatoms. The molecule has 16 nitrogen and oxygen atoms in total. The number of benzene rings is 3. The number of esters is 1. The summed E-state index contributed by atoms with van der Waals surface area (Å²) in [5.74, 6) is -7.94. The fourth-order valence-electron chi connectivity index (χ4n) is 4.53. The molecule has 3 aromatic carbocycles. The number of phenols is 7. The number of hydrogen-bond acceptors (Lipinski definition) is 15. The Morgan fingerprint density at radius 1 is 0.773 bits per heavy atom. The van der Waals surface area contributed by atoms with Crippen molar-refractivity contribution in [2.45, 2.75) is 30.7 Å². The average Bonchev–Trinajstić information content (AvgIpc) is 2.97. The molecule has 5 atom stereocenters. The van der Waals surface area contributed by atoms with Gasteiger partial charge in [-0.05, 0) is 12.1 Å². The summed E-state index contributed by atoms with van der Waals surface area (Å²) in [5, 5.41) is 111. The first-order valence-electron chi connectivity index (χ1n) is 12.6. The van der Waals surface area contributed by atoms with Gasteiger partial charge in [-0.2, -0.15) is 0 Å². The van der Waals surface area contributed by atoms with E-state index in [-0.39, 0.29) is 28.0 Å². The Balaban J connectivity index is 1.52. The second kappa shape index (κ2) is 11.3. The maximum Gasteiger partial charge on any atom is 0.402 e. The SMILES string of the molecule is O=C(O[C@H]1[C@H](Oc2cc(-c3[o+]c4cc(O)cc(O)c4cc3O)cc(O)c2O)O[C@H](CO)[C@H](O)[C@H]1O)c1cc(O)c(O)c(O)c1. The van der Waals surface area contributed by atoms with Crippen LogP contribution in [-0.2, 0) is 9.47 Å². The summed E-state index contributed by atoms with van der Waals surface area (Å²) in [7, 11) is 0. The van der Waals surface area contributed by atoms with E-state index in [4.69, 9.17) is 18.6 Å². The molecular formula is C28H25O16+. The third-order valence-electron chi connectivity index (χ3n) is 6.76. The minimum Gasteiger partial charge on any atom is -0.507 e. The first kappa shape index (κ1) is 30.1. The number of aliphatic hydroxyl groups excluding tert-OH is 3. The summed E-state index contributed by atoms with van der Waals surface area (Å²) < 4.78 is 21.9. The van der Waals surface area contributed by atoms with E-state index >= 15 is 0 Å². The number of rotatable bonds is 6. The van der Waals surface area contributed by atoms with Crippen molar-refractivity contribution >= 4 is 16.9 Å². The van der Waals surface area contributed by atoms with Crippen molar-refractivity contribution in [1.82, 2.24) is 0 Å². The fourth-order valence-corrected chi connectivity index (χ4v) is 4.53. The maximum atomic E-state index is 12.8. The highest BCUT2D eigenvalue weighted by atomic mass is 16.7. The highest BCUT2D eigenvalue weighted by Gasteiger charge is 2.48. The van der Waals surface area contributed by atoms with Crippen LogP contribution >= 0.6 is 0 Å². The van der Waals surface area contributed by atoms with Crippen LogP contribution in [0.4, 0.5) is 0 Å². The quantitative estimate of drug-likeness (QED) is 0.0819. The lowest BCUT2D eigenvalue weighted by Gasteiger charge is -2.41. The second-order valence-electron chi connectivity index (χ2n) is 9.74. The smallest absolute Gasteiger partial charge is 0.402 e. The van der Waals surface area contributed by atoms with Crippen LogP contribution in [0.25, 0.3) is 22.3 Å². The van der Waals surface area contributed by atoms with E-state index in [1.165, 1.54) is 0 Å². The normalized spacial score (nSPS) is 21.7. The molecule has 232 valence electrons. The van der Waals surface area contributed by atoms with E-state index in [1.807, 2.05) is 0 Å². The van der Waals surface area contributed by atoms with Gasteiger partial charge in [0.1, 0.15) is 35.2 Å². The molecule has 0 aliphatic carbocycles. The van der Waals surface area contributed by atoms with Gasteiger partial charge in [0.05, 0.1) is 23.8 Å². The molecule has 5 rings (SSSR count). The Kier molecular flexibility index (Phi) is 7.75. The van der Waals surface area contributed by atoms with Gasteiger partial charge in [-0.25, -0.2) is 9.21 Å². The topological polar surface area (TPSA) is 279 Å². The molecule has 1 aromatic heterocycles. The summed E-state index contributed by atoms with van der Waals surface area (Å²) in [4.78, 5) is 12.8. The third-order valence-corrected chi connectivity index (χ3v) is 6.76. The first-order valence-corrected chi connectivity index (χ1v) is 12.6. The van der Waals surface area contributed by atoms with Crippen molar-refractivity contribution in [1.29, 1.82) is 0 Å². The van der Waals surface area contributed by atoms with Gasteiger partial charge in [0, 0.05) is 24.3 Å². The number of aliphatic hydroxyl groups is 3. The van der Waals surface area contributed by atoms with Crippen LogP contribution in [0.2, 0.25) is 0 Å². The number of phenolic OH excluding ortho intramolecular Hbond substituents is 7. The zero-order valence-electron chi connectivity index (χ0n) is 22.1. The molecule has 0 amide bonds. The molecule has 4 aromatic rings. The Hall–Kier alpha value is -5.42. The van der Waals surface area contributed by atoms with Crippen molar-refractivity contribution in [2.24, 2.45) is 0 Å². The monoisotopic (exact) mass is 617 g/mol. The van der Waals surface area contributed by atoms with E-state index < -0.39 is 94.8 Å². The van der Waals surface area contributed by atoms with Gasteiger partial charge >= 0.3 is 17.3 Å². The molecule has 1 aliphatic heterocycles. The van der Waals surface area contributed by atoms with Gasteiger partial charge < -0.3 is 70.4 Å². The molecule has 0 spiro atoms. The van der Waals surface area contributed by atoms with Gasteiger partial charge in [-0.3, -0.25) is 0 Å². The van der Waals surface area contributed by atoms with E-state index in [9.17, 15) is 61.0 Å². The highest BCUT2D eigenvalue weighted by Crippen LogP contribution is 2.45. The number of carbonyl (C=O) groups excluding carboxylic acids is 1. The minimum atomic E-state index is -1.98. The summed E-state index contributed by atoms with van der Waals surface area (Å²) in [6.45, 7) is -0.848. The predicted molar refractivity (Wildman–Crippen MR) is 143 cm³/mol. The minimum absolute atomic E-state index is 0.0293. The van der Waals surface area contributed by atoms with E-state index in [0.29, 0.717) is 0 Å². The summed E-state index contributed by atoms with van der Waals surface area (Å²) in [6, 6.07) is 6.74. The summed E-state index contributed by atoms with van der Waals surface area (Å²) >= 11 is 0. The molecule has 11 N–H and O–H groups in total. The van der Waals surface area contributed by atoms with Crippen molar-refractivity contribution in [3.05, 3.63) is 48.0 Å². The van der Waals surface area contributed by atoms with Crippen molar-refractivity contribution in [3.8, 4) is 63.1 Å². The second-order valence-corrected chi connectivity index (χ2v) is 9.74. The molecule has 1 saturated heterocycles. The van der Waals surface area contributed by atoms with E-state index in [1.54, 1.807) is 0 Å². The van der Waals surface area contributed by atoms with Gasteiger partial charge in [-0.15, -0.1) is 0 Å². The number of fused-ring (bicyclic) bond motifs is 1. The molecule has 2 heterocycles. The maximum absolute atomic E-state index is 12.8. The molecule has 0 bridgehead atoms. The van der Waals surface area contributed by atoms with Gasteiger partial charge in [0.25, 0.3) is 0 Å². The standard InChI is InChI=1S/C28H24O16/c29-8-20-23(38)24(39)26(44-27(40)10-2-14(32)21(36)15(33)3-10)28(43-20)42-19-4-9(1-16(34)22(19)37)25-17(35)7-12-13(31)5-11(30)6-18(12)41-25/h1-7,20,23-24,26,28-29,38-39H,8H2,(H7-,30,31,32,33,34,35,36,37,40)/p+1/t20-,23+,24-,26-,28-/m1/s1. The number of aromatic hydroxyl groups is 8. The average molecular weight is 617 g/mol. The predicted octanol–water partition coefficient (Wildman–Crippen LogP) is 1.07. The van der Waals surface area contributed by atoms with Crippen LogP contribution < -0.4 is 4.74 Å². The Morgan fingerprint density at radius 3 is 2.09 bits per heavy atom. The Morgan fingerprint density at radius 2 is 1.43 bits per heavy atom. The molecule has 1 fully saturated rings. The van der Waals surface area contributed by atoms with Crippen molar-refractivity contribution < 1.29 is 79.6 Å². The molecule has 44 heavy (non-hydrogen) atoms. The fraction of sp³-hybridized carbons (Fsp3) is 0.214. The largest absolute Gasteiger partial charge is 0.507 e. The number of ether oxygens (including phenoxy) is 3. The third kappa shape index (κ3) is 5.40. The molecular weight excluding hydrogens is 592 g/mol. The van der Waals surface area contributed by atoms with Gasteiger partial charge in [0.15, 0.2) is 34.9 Å². The van der Waals surface area contributed by atoms with Crippen LogP contribution in [0.1, 0.15) is 10.4 Å². The summed E-state index contributed by atoms with van der Waals surface area (Å²) in [5.41, 5.74) is -0.714. The number of hydrogen-bond donors (Lipinski definition) is 11. The van der Waals surface area contributed by atoms with Gasteiger partial charge in [-0.1, -0.05) is 0 Å². The molecule has 0 unspecified atom stereocenters. The highest BCUT2D eigenvalue weighted by molar-refractivity contribution is 5.91. The van der Waals surface area contributed by atoms with Crippen LogP contribution in [0, 0.1) is 0 Å².